The Morgan fingerprint density at radius 3 is 2.72 bits per heavy atom. The van der Waals surface area contributed by atoms with Gasteiger partial charge in [0, 0.05) is 13.6 Å². The topological polar surface area (TPSA) is 75.4 Å². The molecule has 0 aliphatic carbocycles. The predicted molar refractivity (Wildman–Crippen MR) is 70.3 cm³/mol. The van der Waals surface area contributed by atoms with Gasteiger partial charge in [-0.2, -0.15) is 12.7 Å². The fraction of sp³-hybridized carbons (Fsp3) is 0.400. The summed E-state index contributed by atoms with van der Waals surface area (Å²) in [6.45, 7) is 0.692. The largest absolute Gasteiger partial charge is 0.330 e. The number of nitrogens with zero attached hydrogens (tertiary/aromatic N) is 1. The molecule has 0 atom stereocenters. The maximum atomic E-state index is 13.2. The second-order valence-electron chi connectivity index (χ2n) is 3.70. The van der Waals surface area contributed by atoms with Gasteiger partial charge < -0.3 is 5.73 Å². The van der Waals surface area contributed by atoms with Gasteiger partial charge in [-0.1, -0.05) is 11.6 Å². The molecule has 0 aliphatic heterocycles. The monoisotopic (exact) mass is 295 g/mol. The van der Waals surface area contributed by atoms with Gasteiger partial charge in [0.2, 0.25) is 0 Å². The molecule has 0 spiro atoms. The lowest BCUT2D eigenvalue weighted by Gasteiger charge is -2.18. The van der Waals surface area contributed by atoms with Crippen molar-refractivity contribution in [3.8, 4) is 0 Å². The predicted octanol–water partition coefficient (Wildman–Crippen LogP) is 1.42. The molecule has 1 aromatic carbocycles. The van der Waals surface area contributed by atoms with E-state index in [1.54, 1.807) is 0 Å². The summed E-state index contributed by atoms with van der Waals surface area (Å²) in [6.07, 6.45) is 0.548. The van der Waals surface area contributed by atoms with Crippen LogP contribution in [0.3, 0.4) is 0 Å². The van der Waals surface area contributed by atoms with E-state index in [-0.39, 0.29) is 10.7 Å². The maximum Gasteiger partial charge on any atom is 0.301 e. The molecular formula is C10H15ClFN3O2S. The normalized spacial score (nSPS) is 11.8. The van der Waals surface area contributed by atoms with E-state index in [2.05, 4.69) is 4.72 Å². The molecule has 8 heteroatoms. The van der Waals surface area contributed by atoms with Crippen LogP contribution in [0.2, 0.25) is 5.02 Å². The highest BCUT2D eigenvalue weighted by Crippen LogP contribution is 2.19. The van der Waals surface area contributed by atoms with E-state index >= 15 is 0 Å². The second kappa shape index (κ2) is 6.33. The van der Waals surface area contributed by atoms with Crippen LogP contribution in [0.25, 0.3) is 0 Å². The molecule has 18 heavy (non-hydrogen) atoms. The number of anilines is 1. The Morgan fingerprint density at radius 1 is 1.50 bits per heavy atom. The van der Waals surface area contributed by atoms with Crippen molar-refractivity contribution < 1.29 is 12.8 Å². The van der Waals surface area contributed by atoms with E-state index in [9.17, 15) is 12.8 Å². The fourth-order valence-corrected chi connectivity index (χ4v) is 2.29. The quantitative estimate of drug-likeness (QED) is 0.833. The molecule has 0 heterocycles. The molecule has 0 saturated carbocycles. The summed E-state index contributed by atoms with van der Waals surface area (Å²) in [4.78, 5) is 0. The molecule has 0 aliphatic rings. The molecule has 0 saturated heterocycles. The van der Waals surface area contributed by atoms with Crippen molar-refractivity contribution in [1.82, 2.24) is 4.31 Å². The van der Waals surface area contributed by atoms with Crippen LogP contribution in [-0.4, -0.2) is 32.9 Å². The molecule has 102 valence electrons. The van der Waals surface area contributed by atoms with Crippen molar-refractivity contribution in [2.24, 2.45) is 5.73 Å². The first-order valence-electron chi connectivity index (χ1n) is 5.26. The van der Waals surface area contributed by atoms with Crippen LogP contribution in [0.15, 0.2) is 18.2 Å². The van der Waals surface area contributed by atoms with Crippen LogP contribution < -0.4 is 10.5 Å². The molecule has 0 bridgehead atoms. The zero-order valence-electron chi connectivity index (χ0n) is 9.86. The molecule has 5 nitrogen and oxygen atoms in total. The molecule has 0 aromatic heterocycles. The van der Waals surface area contributed by atoms with Gasteiger partial charge in [0.25, 0.3) is 0 Å². The van der Waals surface area contributed by atoms with Crippen molar-refractivity contribution >= 4 is 27.5 Å². The zero-order valence-corrected chi connectivity index (χ0v) is 11.4. The molecule has 0 amide bonds. The van der Waals surface area contributed by atoms with Gasteiger partial charge in [0.05, 0.1) is 10.7 Å². The average Bonchev–Trinajstić information content (AvgIpc) is 2.30. The molecule has 0 radical (unpaired) electrons. The van der Waals surface area contributed by atoms with Crippen LogP contribution in [-0.2, 0) is 10.2 Å². The molecule has 0 fully saturated rings. The second-order valence-corrected chi connectivity index (χ2v) is 5.88. The molecular weight excluding hydrogens is 281 g/mol. The highest BCUT2D eigenvalue weighted by molar-refractivity contribution is 7.90. The highest BCUT2D eigenvalue weighted by atomic mass is 35.5. The molecule has 1 aromatic rings. The van der Waals surface area contributed by atoms with Crippen molar-refractivity contribution in [3.05, 3.63) is 29.0 Å². The first-order valence-corrected chi connectivity index (χ1v) is 7.08. The Labute approximate surface area is 111 Å². The Bertz CT molecular complexity index is 510. The standard InChI is InChI=1S/C10H15ClFN3O2S/c1-15(6-2-5-13)18(16,17)14-8-3-4-9(11)10(12)7-8/h3-4,7,14H,2,5-6,13H2,1H3. The maximum absolute atomic E-state index is 13.2. The summed E-state index contributed by atoms with van der Waals surface area (Å²) in [5, 5.41) is -0.0607. The number of nitrogens with two attached hydrogens (primary N) is 1. The third kappa shape index (κ3) is 4.09. The van der Waals surface area contributed by atoms with Gasteiger partial charge in [-0.25, -0.2) is 4.39 Å². The van der Waals surface area contributed by atoms with Crippen molar-refractivity contribution in [1.29, 1.82) is 0 Å². The van der Waals surface area contributed by atoms with Gasteiger partial charge in [-0.05, 0) is 31.2 Å². The van der Waals surface area contributed by atoms with Gasteiger partial charge in [0.1, 0.15) is 5.82 Å². The first-order chi connectivity index (χ1) is 8.36. The fourth-order valence-electron chi connectivity index (χ4n) is 1.22. The number of halogens is 2. The molecule has 1 rings (SSSR count). The minimum absolute atomic E-state index is 0.0607. The lowest BCUT2D eigenvalue weighted by atomic mass is 10.3. The number of rotatable bonds is 6. The third-order valence-corrected chi connectivity index (χ3v) is 4.06. The van der Waals surface area contributed by atoms with E-state index in [4.69, 9.17) is 17.3 Å². The van der Waals surface area contributed by atoms with Gasteiger partial charge in [-0.3, -0.25) is 4.72 Å². The van der Waals surface area contributed by atoms with Crippen LogP contribution in [0, 0.1) is 5.82 Å². The third-order valence-electron chi connectivity index (χ3n) is 2.25. The summed E-state index contributed by atoms with van der Waals surface area (Å²) >= 11 is 5.51. The van der Waals surface area contributed by atoms with E-state index in [1.165, 1.54) is 19.2 Å². The number of benzene rings is 1. The van der Waals surface area contributed by atoms with E-state index in [0.717, 1.165) is 10.4 Å². The summed E-state index contributed by atoms with van der Waals surface area (Å²) < 4.78 is 40.2. The van der Waals surface area contributed by atoms with Crippen molar-refractivity contribution in [2.45, 2.75) is 6.42 Å². The van der Waals surface area contributed by atoms with Crippen LogP contribution in [0.4, 0.5) is 10.1 Å². The highest BCUT2D eigenvalue weighted by Gasteiger charge is 2.17. The number of nitrogens with one attached hydrogen (secondary N) is 1. The summed E-state index contributed by atoms with van der Waals surface area (Å²) in [7, 11) is -2.28. The summed E-state index contributed by atoms with van der Waals surface area (Å²) in [6, 6.07) is 3.70. The molecule has 0 unspecified atom stereocenters. The Hall–Kier alpha value is -0.890. The Kier molecular flexibility index (Phi) is 5.33. The Balaban J connectivity index is 2.78. The van der Waals surface area contributed by atoms with Crippen LogP contribution >= 0.6 is 11.6 Å². The summed E-state index contributed by atoms with van der Waals surface area (Å²) in [5.74, 6) is -0.679. The zero-order chi connectivity index (χ0) is 13.8. The average molecular weight is 296 g/mol. The molecule has 3 N–H and O–H groups in total. The SMILES string of the molecule is CN(CCCN)S(=O)(=O)Nc1ccc(Cl)c(F)c1. The van der Waals surface area contributed by atoms with Crippen LogP contribution in [0.5, 0.6) is 0 Å². The van der Waals surface area contributed by atoms with Gasteiger partial charge in [0.15, 0.2) is 0 Å². The van der Waals surface area contributed by atoms with E-state index < -0.39 is 16.0 Å². The minimum Gasteiger partial charge on any atom is -0.330 e. The number of hydrogen-bond acceptors (Lipinski definition) is 3. The van der Waals surface area contributed by atoms with Gasteiger partial charge >= 0.3 is 10.2 Å². The Morgan fingerprint density at radius 2 is 2.17 bits per heavy atom. The lowest BCUT2D eigenvalue weighted by Crippen LogP contribution is -2.34. The van der Waals surface area contributed by atoms with Crippen LogP contribution in [0.1, 0.15) is 6.42 Å². The van der Waals surface area contributed by atoms with Gasteiger partial charge in [-0.15, -0.1) is 0 Å². The number of hydrogen-bond donors (Lipinski definition) is 2. The van der Waals surface area contributed by atoms with Crippen molar-refractivity contribution in [3.63, 3.8) is 0 Å². The smallest absolute Gasteiger partial charge is 0.301 e. The summed E-state index contributed by atoms with van der Waals surface area (Å²) in [5.41, 5.74) is 5.42. The van der Waals surface area contributed by atoms with E-state index in [1.807, 2.05) is 0 Å². The van der Waals surface area contributed by atoms with Crippen molar-refractivity contribution in [2.75, 3.05) is 24.9 Å². The van der Waals surface area contributed by atoms with E-state index in [0.29, 0.717) is 19.5 Å². The minimum atomic E-state index is -3.70. The lowest BCUT2D eigenvalue weighted by molar-refractivity contribution is 0.468. The first kappa shape index (κ1) is 15.2.